The standard InChI is InChI=1S/C19H17FNO2.HI/c1-21-9-8-14-10-18-19(23-12-22-18)11-16(14)17(21)7-4-13-2-5-15(20)6-3-13;/h2-3,5-6,8-11H,4,7,12H2,1H3;1H/q+1;/p-1. The van der Waals surface area contributed by atoms with Gasteiger partial charge in [0.2, 0.25) is 6.79 Å². The van der Waals surface area contributed by atoms with Crippen LogP contribution in [-0.2, 0) is 19.9 Å². The molecule has 0 bridgehead atoms. The van der Waals surface area contributed by atoms with Crippen molar-refractivity contribution in [1.82, 2.24) is 0 Å². The Labute approximate surface area is 157 Å². The van der Waals surface area contributed by atoms with Crippen LogP contribution in [0.5, 0.6) is 11.5 Å². The van der Waals surface area contributed by atoms with Gasteiger partial charge in [-0.3, -0.25) is 0 Å². The topological polar surface area (TPSA) is 22.3 Å². The molecule has 4 rings (SSSR count). The fourth-order valence-corrected chi connectivity index (χ4v) is 3.04. The smallest absolute Gasteiger partial charge is 0.231 e. The largest absolute Gasteiger partial charge is 1.00 e. The van der Waals surface area contributed by atoms with E-state index in [2.05, 4.69) is 22.9 Å². The lowest BCUT2D eigenvalue weighted by Crippen LogP contribution is -3.00. The number of hydrogen-bond acceptors (Lipinski definition) is 2. The Kier molecular flexibility index (Phi) is 4.89. The van der Waals surface area contributed by atoms with Crippen LogP contribution < -0.4 is 38.0 Å². The first-order valence-corrected chi connectivity index (χ1v) is 7.66. The van der Waals surface area contributed by atoms with E-state index in [9.17, 15) is 4.39 Å². The van der Waals surface area contributed by atoms with Crippen LogP contribution in [0.25, 0.3) is 10.8 Å². The zero-order valence-corrected chi connectivity index (χ0v) is 15.4. The second kappa shape index (κ2) is 6.93. The van der Waals surface area contributed by atoms with Gasteiger partial charge in [0.1, 0.15) is 12.9 Å². The minimum absolute atomic E-state index is 0. The van der Waals surface area contributed by atoms with Gasteiger partial charge in [-0.2, -0.15) is 0 Å². The lowest BCUT2D eigenvalue weighted by Gasteiger charge is -2.07. The van der Waals surface area contributed by atoms with E-state index in [1.165, 1.54) is 23.2 Å². The van der Waals surface area contributed by atoms with Crippen molar-refractivity contribution in [3.05, 3.63) is 65.7 Å². The number of fused-ring (bicyclic) bond motifs is 2. The SMILES string of the molecule is C[n+]1ccc2cc3c(cc2c1CCc1ccc(F)cc1)OCO3.[I-]. The van der Waals surface area contributed by atoms with Crippen LogP contribution in [0.2, 0.25) is 0 Å². The summed E-state index contributed by atoms with van der Waals surface area (Å²) in [4.78, 5) is 0. The summed E-state index contributed by atoms with van der Waals surface area (Å²) in [6.07, 6.45) is 3.80. The summed E-state index contributed by atoms with van der Waals surface area (Å²) in [5.74, 6) is 1.40. The average molecular weight is 437 g/mol. The predicted octanol–water partition coefficient (Wildman–Crippen LogP) is 0.321. The van der Waals surface area contributed by atoms with Gasteiger partial charge in [0.25, 0.3) is 0 Å². The Balaban J connectivity index is 0.00000169. The molecule has 3 aromatic rings. The van der Waals surface area contributed by atoms with E-state index < -0.39 is 0 Å². The number of hydrogen-bond donors (Lipinski definition) is 0. The average Bonchev–Trinajstić information content (AvgIpc) is 3.01. The fourth-order valence-electron chi connectivity index (χ4n) is 3.04. The van der Waals surface area contributed by atoms with Crippen LogP contribution in [0, 0.1) is 5.82 Å². The number of aryl methyl sites for hydroxylation is 3. The maximum atomic E-state index is 13.0. The van der Waals surface area contributed by atoms with E-state index >= 15 is 0 Å². The van der Waals surface area contributed by atoms with Crippen LogP contribution in [0.3, 0.4) is 0 Å². The fraction of sp³-hybridized carbons (Fsp3) is 0.211. The molecule has 1 aliphatic rings. The molecule has 1 aliphatic heterocycles. The molecule has 0 amide bonds. The molecule has 0 spiro atoms. The van der Waals surface area contributed by atoms with Crippen LogP contribution >= 0.6 is 0 Å². The molecule has 0 saturated carbocycles. The Morgan fingerprint density at radius 1 is 1.00 bits per heavy atom. The summed E-state index contributed by atoms with van der Waals surface area (Å²) in [6.45, 7) is 0.280. The molecule has 0 fully saturated rings. The predicted molar refractivity (Wildman–Crippen MR) is 85.1 cm³/mol. The molecular formula is C19H17FINO2. The maximum absolute atomic E-state index is 13.0. The molecule has 0 radical (unpaired) electrons. The Morgan fingerprint density at radius 3 is 2.46 bits per heavy atom. The van der Waals surface area contributed by atoms with Crippen molar-refractivity contribution < 1.29 is 42.4 Å². The summed E-state index contributed by atoms with van der Waals surface area (Å²) in [6, 6.07) is 12.9. The maximum Gasteiger partial charge on any atom is 0.231 e. The number of nitrogens with zero attached hydrogens (tertiary/aromatic N) is 1. The van der Waals surface area contributed by atoms with Crippen molar-refractivity contribution in [3.8, 4) is 11.5 Å². The van der Waals surface area contributed by atoms with Crippen LogP contribution in [0.4, 0.5) is 4.39 Å². The molecule has 24 heavy (non-hydrogen) atoms. The van der Waals surface area contributed by atoms with Gasteiger partial charge < -0.3 is 33.5 Å². The van der Waals surface area contributed by atoms with Crippen LogP contribution in [-0.4, -0.2) is 6.79 Å². The number of benzene rings is 2. The molecule has 2 aromatic carbocycles. The highest BCUT2D eigenvalue weighted by molar-refractivity contribution is 5.87. The molecule has 0 saturated heterocycles. The van der Waals surface area contributed by atoms with Gasteiger partial charge in [-0.15, -0.1) is 0 Å². The highest BCUT2D eigenvalue weighted by Gasteiger charge is 2.19. The second-order valence-electron chi connectivity index (χ2n) is 5.79. The van der Waals surface area contributed by atoms with Gasteiger partial charge in [0.05, 0.1) is 5.39 Å². The normalized spacial score (nSPS) is 12.2. The van der Waals surface area contributed by atoms with E-state index in [0.717, 1.165) is 35.3 Å². The molecule has 3 nitrogen and oxygen atoms in total. The highest BCUT2D eigenvalue weighted by Crippen LogP contribution is 2.36. The molecular weight excluding hydrogens is 420 g/mol. The van der Waals surface area contributed by atoms with Gasteiger partial charge in [-0.1, -0.05) is 12.1 Å². The van der Waals surface area contributed by atoms with Crippen molar-refractivity contribution in [3.63, 3.8) is 0 Å². The molecule has 0 N–H and O–H groups in total. The first kappa shape index (κ1) is 17.0. The third kappa shape index (κ3) is 3.17. The number of halogens is 2. The molecule has 2 heterocycles. The summed E-state index contributed by atoms with van der Waals surface area (Å²) >= 11 is 0. The third-order valence-electron chi connectivity index (χ3n) is 4.32. The van der Waals surface area contributed by atoms with Crippen LogP contribution in [0.15, 0.2) is 48.7 Å². The van der Waals surface area contributed by atoms with Crippen LogP contribution in [0.1, 0.15) is 11.3 Å². The van der Waals surface area contributed by atoms with Gasteiger partial charge in [-0.05, 0) is 41.6 Å². The van der Waals surface area contributed by atoms with Gasteiger partial charge in [0, 0.05) is 12.5 Å². The molecule has 0 unspecified atom stereocenters. The molecule has 5 heteroatoms. The van der Waals surface area contributed by atoms with Crippen molar-refractivity contribution in [2.24, 2.45) is 7.05 Å². The van der Waals surface area contributed by atoms with E-state index in [1.807, 2.05) is 25.2 Å². The first-order chi connectivity index (χ1) is 11.2. The number of aromatic nitrogens is 1. The zero-order valence-electron chi connectivity index (χ0n) is 13.3. The van der Waals surface area contributed by atoms with Gasteiger partial charge in [0.15, 0.2) is 23.4 Å². The summed E-state index contributed by atoms with van der Waals surface area (Å²) in [5.41, 5.74) is 2.36. The monoisotopic (exact) mass is 437 g/mol. The third-order valence-corrected chi connectivity index (χ3v) is 4.32. The first-order valence-electron chi connectivity index (χ1n) is 7.66. The van der Waals surface area contributed by atoms with E-state index in [0.29, 0.717) is 0 Å². The van der Waals surface area contributed by atoms with Gasteiger partial charge in [-0.25, -0.2) is 8.96 Å². The lowest BCUT2D eigenvalue weighted by atomic mass is 10.0. The number of pyridine rings is 1. The molecule has 0 atom stereocenters. The van der Waals surface area contributed by atoms with E-state index in [1.54, 1.807) is 0 Å². The Morgan fingerprint density at radius 2 is 1.71 bits per heavy atom. The zero-order chi connectivity index (χ0) is 15.8. The second-order valence-corrected chi connectivity index (χ2v) is 5.79. The minimum Gasteiger partial charge on any atom is -1.00 e. The quantitative estimate of drug-likeness (QED) is 0.435. The molecule has 0 aliphatic carbocycles. The Bertz CT molecular complexity index is 881. The van der Waals surface area contributed by atoms with Crippen molar-refractivity contribution in [2.75, 3.05) is 6.79 Å². The summed E-state index contributed by atoms with van der Waals surface area (Å²) in [7, 11) is 2.05. The van der Waals surface area contributed by atoms with Crippen molar-refractivity contribution in [1.29, 1.82) is 0 Å². The minimum atomic E-state index is -0.197. The molecule has 1 aromatic heterocycles. The lowest BCUT2D eigenvalue weighted by molar-refractivity contribution is -0.677. The summed E-state index contributed by atoms with van der Waals surface area (Å²) in [5, 5.41) is 2.31. The number of rotatable bonds is 3. The van der Waals surface area contributed by atoms with E-state index in [4.69, 9.17) is 9.47 Å². The van der Waals surface area contributed by atoms with E-state index in [-0.39, 0.29) is 36.6 Å². The number of ether oxygens (including phenoxy) is 2. The van der Waals surface area contributed by atoms with Gasteiger partial charge >= 0.3 is 0 Å². The van der Waals surface area contributed by atoms with Crippen molar-refractivity contribution >= 4 is 10.8 Å². The summed E-state index contributed by atoms with van der Waals surface area (Å²) < 4.78 is 26.1. The molecule has 124 valence electrons. The Hall–Kier alpha value is -1.89. The van der Waals surface area contributed by atoms with Crippen molar-refractivity contribution in [2.45, 2.75) is 12.8 Å². The highest BCUT2D eigenvalue weighted by atomic mass is 127.